The van der Waals surface area contributed by atoms with E-state index in [0.717, 1.165) is 21.0 Å². The Hall–Kier alpha value is -2.15. The standard InChI is InChI=1S/C23H20BrNO3S/c1-29-12-11-25-21-18(7-4-8-19(21)24)23(28,22(25)27)14-20(26)17-10-9-15-5-2-3-6-16(15)13-17/h2-10,13,28H,11-12,14H2,1H3. The first-order valence-electron chi connectivity index (χ1n) is 9.30. The number of thioether (sulfide) groups is 1. The third kappa shape index (κ3) is 3.50. The first kappa shape index (κ1) is 20.1. The van der Waals surface area contributed by atoms with E-state index in [4.69, 9.17) is 0 Å². The highest BCUT2D eigenvalue weighted by Crippen LogP contribution is 2.46. The van der Waals surface area contributed by atoms with Crippen LogP contribution in [0.5, 0.6) is 0 Å². The van der Waals surface area contributed by atoms with Crippen LogP contribution in [0.1, 0.15) is 22.3 Å². The number of carbonyl (C=O) groups excluding carboxylic acids is 2. The number of ketones is 1. The molecule has 1 N–H and O–H groups in total. The summed E-state index contributed by atoms with van der Waals surface area (Å²) >= 11 is 5.13. The Balaban J connectivity index is 1.70. The van der Waals surface area contributed by atoms with Crippen molar-refractivity contribution in [1.82, 2.24) is 0 Å². The van der Waals surface area contributed by atoms with Gasteiger partial charge >= 0.3 is 0 Å². The number of halogens is 1. The zero-order valence-corrected chi connectivity index (χ0v) is 18.3. The van der Waals surface area contributed by atoms with Gasteiger partial charge in [0.05, 0.1) is 12.1 Å². The highest BCUT2D eigenvalue weighted by molar-refractivity contribution is 9.10. The third-order valence-electron chi connectivity index (χ3n) is 5.31. The summed E-state index contributed by atoms with van der Waals surface area (Å²) in [5, 5.41) is 13.4. The monoisotopic (exact) mass is 469 g/mol. The van der Waals surface area contributed by atoms with Crippen molar-refractivity contribution in [2.75, 3.05) is 23.5 Å². The van der Waals surface area contributed by atoms with E-state index in [9.17, 15) is 14.7 Å². The number of benzene rings is 3. The van der Waals surface area contributed by atoms with Crippen LogP contribution < -0.4 is 4.90 Å². The molecule has 1 unspecified atom stereocenters. The first-order valence-corrected chi connectivity index (χ1v) is 11.5. The number of anilines is 1. The zero-order chi connectivity index (χ0) is 20.6. The Morgan fingerprint density at radius 3 is 2.62 bits per heavy atom. The van der Waals surface area contributed by atoms with Crippen LogP contribution in [-0.2, 0) is 10.4 Å². The smallest absolute Gasteiger partial charge is 0.264 e. The maximum atomic E-state index is 13.2. The number of aliphatic hydroxyl groups is 1. The molecule has 29 heavy (non-hydrogen) atoms. The lowest BCUT2D eigenvalue weighted by Gasteiger charge is -2.22. The summed E-state index contributed by atoms with van der Waals surface area (Å²) in [6, 6.07) is 18.6. The van der Waals surface area contributed by atoms with E-state index in [0.29, 0.717) is 23.4 Å². The zero-order valence-electron chi connectivity index (χ0n) is 15.9. The van der Waals surface area contributed by atoms with Crippen molar-refractivity contribution in [2.45, 2.75) is 12.0 Å². The Bertz CT molecular complexity index is 1120. The van der Waals surface area contributed by atoms with E-state index in [1.54, 1.807) is 34.9 Å². The number of hydrogen-bond acceptors (Lipinski definition) is 4. The van der Waals surface area contributed by atoms with Crippen molar-refractivity contribution in [3.8, 4) is 0 Å². The molecule has 0 saturated carbocycles. The molecule has 0 aliphatic carbocycles. The number of carbonyl (C=O) groups is 2. The predicted molar refractivity (Wildman–Crippen MR) is 122 cm³/mol. The summed E-state index contributed by atoms with van der Waals surface area (Å²) in [4.78, 5) is 27.9. The lowest BCUT2D eigenvalue weighted by Crippen LogP contribution is -2.42. The highest BCUT2D eigenvalue weighted by atomic mass is 79.9. The molecule has 1 heterocycles. The summed E-state index contributed by atoms with van der Waals surface area (Å²) in [7, 11) is 0. The van der Waals surface area contributed by atoms with Gasteiger partial charge in [-0.25, -0.2) is 0 Å². The van der Waals surface area contributed by atoms with E-state index in [1.165, 1.54) is 0 Å². The SMILES string of the molecule is CSCCN1C(=O)C(O)(CC(=O)c2ccc3ccccc3c2)c2cccc(Br)c21. The number of para-hydroxylation sites is 1. The molecule has 4 nitrogen and oxygen atoms in total. The molecular formula is C23H20BrNO3S. The molecule has 1 amide bonds. The second-order valence-corrected chi connectivity index (χ2v) is 8.95. The topological polar surface area (TPSA) is 57.6 Å². The molecule has 0 fully saturated rings. The second-order valence-electron chi connectivity index (χ2n) is 7.11. The summed E-state index contributed by atoms with van der Waals surface area (Å²) in [6.07, 6.45) is 1.68. The lowest BCUT2D eigenvalue weighted by atomic mass is 9.88. The Morgan fingerprint density at radius 1 is 1.10 bits per heavy atom. The quantitative estimate of drug-likeness (QED) is 0.528. The maximum absolute atomic E-state index is 13.2. The van der Waals surface area contributed by atoms with Gasteiger partial charge in [0.1, 0.15) is 0 Å². The van der Waals surface area contributed by atoms with Gasteiger partial charge in [-0.2, -0.15) is 11.8 Å². The number of amides is 1. The molecule has 3 aromatic carbocycles. The Morgan fingerprint density at radius 2 is 1.86 bits per heavy atom. The van der Waals surface area contributed by atoms with Gasteiger partial charge in [-0.05, 0) is 45.1 Å². The van der Waals surface area contributed by atoms with Gasteiger partial charge in [0.2, 0.25) is 0 Å². The fraction of sp³-hybridized carbons (Fsp3) is 0.217. The van der Waals surface area contributed by atoms with E-state index >= 15 is 0 Å². The van der Waals surface area contributed by atoms with Crippen molar-refractivity contribution in [3.05, 3.63) is 76.3 Å². The van der Waals surface area contributed by atoms with Crippen LogP contribution in [-0.4, -0.2) is 35.4 Å². The molecule has 0 saturated heterocycles. The van der Waals surface area contributed by atoms with Crippen LogP contribution in [0.25, 0.3) is 10.8 Å². The average Bonchev–Trinajstić information content (AvgIpc) is 2.94. The second kappa shape index (κ2) is 7.94. The summed E-state index contributed by atoms with van der Waals surface area (Å²) in [5.41, 5.74) is -0.239. The van der Waals surface area contributed by atoms with Gasteiger partial charge in [-0.15, -0.1) is 0 Å². The van der Waals surface area contributed by atoms with Gasteiger partial charge in [0.25, 0.3) is 5.91 Å². The molecule has 4 rings (SSSR count). The van der Waals surface area contributed by atoms with Crippen LogP contribution in [0.4, 0.5) is 5.69 Å². The summed E-state index contributed by atoms with van der Waals surface area (Å²) < 4.78 is 0.735. The van der Waals surface area contributed by atoms with E-state index in [2.05, 4.69) is 15.9 Å². The van der Waals surface area contributed by atoms with Crippen molar-refractivity contribution < 1.29 is 14.7 Å². The average molecular weight is 470 g/mol. The summed E-state index contributed by atoms with van der Waals surface area (Å²) in [6.45, 7) is 0.474. The van der Waals surface area contributed by atoms with Gasteiger partial charge in [0, 0.05) is 27.9 Å². The minimum Gasteiger partial charge on any atom is -0.375 e. The first-order chi connectivity index (χ1) is 14.0. The number of rotatable bonds is 6. The van der Waals surface area contributed by atoms with Crippen molar-refractivity contribution in [3.63, 3.8) is 0 Å². The van der Waals surface area contributed by atoms with Crippen molar-refractivity contribution in [2.24, 2.45) is 0 Å². The fourth-order valence-electron chi connectivity index (χ4n) is 3.83. The fourth-order valence-corrected chi connectivity index (χ4v) is 4.77. The molecule has 1 atom stereocenters. The number of nitrogens with zero attached hydrogens (tertiary/aromatic N) is 1. The minimum atomic E-state index is -1.86. The number of hydrogen-bond donors (Lipinski definition) is 1. The normalized spacial score (nSPS) is 18.3. The minimum absolute atomic E-state index is 0.260. The molecule has 0 radical (unpaired) electrons. The summed E-state index contributed by atoms with van der Waals surface area (Å²) in [5.74, 6) is 0.0353. The van der Waals surface area contributed by atoms with Crippen molar-refractivity contribution >= 4 is 55.8 Å². The third-order valence-corrected chi connectivity index (χ3v) is 6.54. The molecule has 148 valence electrons. The molecule has 0 spiro atoms. The number of Topliss-reactive ketones (excluding diaryl/α,β-unsaturated/α-hetero) is 1. The van der Waals surface area contributed by atoms with Gasteiger partial charge in [0.15, 0.2) is 11.4 Å². The Kier molecular flexibility index (Phi) is 5.51. The van der Waals surface area contributed by atoms with Crippen LogP contribution in [0.15, 0.2) is 65.1 Å². The molecule has 1 aliphatic heterocycles. The van der Waals surface area contributed by atoms with Gasteiger partial charge < -0.3 is 10.0 Å². The molecule has 0 bridgehead atoms. The Labute approximate surface area is 182 Å². The van der Waals surface area contributed by atoms with E-state index < -0.39 is 11.5 Å². The highest BCUT2D eigenvalue weighted by Gasteiger charge is 2.51. The molecular weight excluding hydrogens is 450 g/mol. The number of fused-ring (bicyclic) bond motifs is 2. The van der Waals surface area contributed by atoms with Crippen molar-refractivity contribution in [1.29, 1.82) is 0 Å². The molecule has 1 aliphatic rings. The maximum Gasteiger partial charge on any atom is 0.264 e. The van der Waals surface area contributed by atoms with Crippen LogP contribution in [0.3, 0.4) is 0 Å². The van der Waals surface area contributed by atoms with Crippen LogP contribution in [0.2, 0.25) is 0 Å². The lowest BCUT2D eigenvalue weighted by molar-refractivity contribution is -0.135. The van der Waals surface area contributed by atoms with Crippen LogP contribution >= 0.6 is 27.7 Å². The van der Waals surface area contributed by atoms with E-state index in [-0.39, 0.29) is 12.2 Å². The van der Waals surface area contributed by atoms with Crippen LogP contribution in [0, 0.1) is 0 Å². The molecule has 3 aromatic rings. The van der Waals surface area contributed by atoms with Gasteiger partial charge in [-0.1, -0.05) is 48.5 Å². The van der Waals surface area contributed by atoms with Gasteiger partial charge in [-0.3, -0.25) is 9.59 Å². The molecule has 0 aromatic heterocycles. The van der Waals surface area contributed by atoms with E-state index in [1.807, 2.05) is 48.7 Å². The predicted octanol–water partition coefficient (Wildman–Crippen LogP) is 4.77. The largest absolute Gasteiger partial charge is 0.375 e. The molecule has 6 heteroatoms.